The van der Waals surface area contributed by atoms with Crippen molar-refractivity contribution in [3.63, 3.8) is 0 Å². The van der Waals surface area contributed by atoms with E-state index >= 15 is 0 Å². The topological polar surface area (TPSA) is 123 Å². The molecule has 5 rings (SSSR count). The van der Waals surface area contributed by atoms with E-state index in [-0.39, 0.29) is 17.9 Å². The molecule has 3 aliphatic rings. The summed E-state index contributed by atoms with van der Waals surface area (Å²) < 4.78 is 7.29. The van der Waals surface area contributed by atoms with Crippen molar-refractivity contribution in [3.05, 3.63) is 23.6 Å². The first-order valence-corrected chi connectivity index (χ1v) is 11.6. The third-order valence-corrected chi connectivity index (χ3v) is 7.21. The summed E-state index contributed by atoms with van der Waals surface area (Å²) in [4.78, 5) is 23.3. The fourth-order valence-electron chi connectivity index (χ4n) is 5.34. The van der Waals surface area contributed by atoms with Crippen molar-refractivity contribution in [1.82, 2.24) is 24.6 Å². The molecule has 0 aromatic carbocycles. The van der Waals surface area contributed by atoms with Crippen molar-refractivity contribution in [3.8, 4) is 0 Å². The molecule has 0 unspecified atom stereocenters. The minimum absolute atomic E-state index is 0.0329. The van der Waals surface area contributed by atoms with Gasteiger partial charge in [-0.25, -0.2) is 4.98 Å². The third kappa shape index (κ3) is 4.53. The minimum Gasteiger partial charge on any atom is -0.379 e. The molecule has 2 aromatic rings. The molecule has 2 aliphatic carbocycles. The molecule has 172 valence electrons. The second kappa shape index (κ2) is 9.21. The number of nitrogens with one attached hydrogen (secondary N) is 2. The van der Waals surface area contributed by atoms with E-state index in [2.05, 4.69) is 30.6 Å². The number of hydrogen-bond donors (Lipinski definition) is 3. The van der Waals surface area contributed by atoms with Crippen molar-refractivity contribution >= 4 is 35.0 Å². The Morgan fingerprint density at radius 3 is 2.84 bits per heavy atom. The molecule has 3 heterocycles. The van der Waals surface area contributed by atoms with Gasteiger partial charge in [0.1, 0.15) is 5.02 Å². The van der Waals surface area contributed by atoms with E-state index in [1.54, 1.807) is 12.4 Å². The molecule has 1 amide bonds. The molecule has 0 spiro atoms. The van der Waals surface area contributed by atoms with E-state index in [1.165, 1.54) is 0 Å². The highest BCUT2D eigenvalue weighted by Crippen LogP contribution is 2.49. The summed E-state index contributed by atoms with van der Waals surface area (Å²) in [7, 11) is 0. The van der Waals surface area contributed by atoms with E-state index < -0.39 is 0 Å². The predicted octanol–water partition coefficient (Wildman–Crippen LogP) is 1.71. The van der Waals surface area contributed by atoms with Crippen LogP contribution in [0.25, 0.3) is 0 Å². The molecule has 2 aromatic heterocycles. The summed E-state index contributed by atoms with van der Waals surface area (Å²) >= 11 is 6.36. The number of morpholine rings is 1. The Morgan fingerprint density at radius 2 is 2.03 bits per heavy atom. The zero-order valence-electron chi connectivity index (χ0n) is 17.9. The first-order chi connectivity index (χ1) is 15.6. The van der Waals surface area contributed by atoms with E-state index in [9.17, 15) is 4.79 Å². The van der Waals surface area contributed by atoms with Crippen LogP contribution in [-0.2, 0) is 16.1 Å². The van der Waals surface area contributed by atoms with Crippen LogP contribution < -0.4 is 16.4 Å². The third-order valence-electron chi connectivity index (χ3n) is 6.93. The number of nitrogens with zero attached hydrogens (tertiary/aromatic N) is 5. The summed E-state index contributed by atoms with van der Waals surface area (Å²) in [6, 6.07) is -0.0329. The number of carbonyl (C=O) groups excluding carboxylic acids is 1. The van der Waals surface area contributed by atoms with Crippen molar-refractivity contribution in [2.24, 2.45) is 23.5 Å². The molecular formula is C21H29ClN8O2. The van der Waals surface area contributed by atoms with Crippen molar-refractivity contribution in [1.29, 1.82) is 0 Å². The normalized spacial score (nSPS) is 27.5. The number of aromatic nitrogens is 4. The van der Waals surface area contributed by atoms with E-state index in [1.807, 2.05) is 10.9 Å². The number of primary amides is 1. The lowest BCUT2D eigenvalue weighted by Gasteiger charge is -2.30. The van der Waals surface area contributed by atoms with Gasteiger partial charge in [0.2, 0.25) is 11.9 Å². The van der Waals surface area contributed by atoms with Gasteiger partial charge in [0.25, 0.3) is 0 Å². The Morgan fingerprint density at radius 1 is 1.22 bits per heavy atom. The number of fused-ring (bicyclic) bond motifs is 2. The molecule has 2 bridgehead atoms. The fraction of sp³-hybridized carbons (Fsp3) is 0.619. The monoisotopic (exact) mass is 460 g/mol. The maximum atomic E-state index is 12.0. The smallest absolute Gasteiger partial charge is 0.229 e. The van der Waals surface area contributed by atoms with Crippen LogP contribution >= 0.6 is 11.6 Å². The zero-order valence-corrected chi connectivity index (χ0v) is 18.7. The highest BCUT2D eigenvalue weighted by molar-refractivity contribution is 6.32. The predicted molar refractivity (Wildman–Crippen MR) is 121 cm³/mol. The molecular weight excluding hydrogens is 432 g/mol. The first kappa shape index (κ1) is 21.4. The maximum absolute atomic E-state index is 12.0. The molecule has 3 fully saturated rings. The Kier molecular flexibility index (Phi) is 6.16. The van der Waals surface area contributed by atoms with Crippen LogP contribution in [0.5, 0.6) is 0 Å². The van der Waals surface area contributed by atoms with Gasteiger partial charge in [-0.3, -0.25) is 14.4 Å². The van der Waals surface area contributed by atoms with Crippen LogP contribution in [0.15, 0.2) is 18.6 Å². The van der Waals surface area contributed by atoms with E-state index in [0.717, 1.165) is 64.3 Å². The number of carbonyl (C=O) groups is 1. The van der Waals surface area contributed by atoms with Gasteiger partial charge in [0, 0.05) is 31.9 Å². The lowest BCUT2D eigenvalue weighted by molar-refractivity contribution is -0.123. The summed E-state index contributed by atoms with van der Waals surface area (Å²) in [5.41, 5.74) is 6.50. The van der Waals surface area contributed by atoms with Crippen LogP contribution in [0.3, 0.4) is 0 Å². The summed E-state index contributed by atoms with van der Waals surface area (Å²) in [6.45, 7) is 5.23. The lowest BCUT2D eigenvalue weighted by Crippen LogP contribution is -2.42. The van der Waals surface area contributed by atoms with Gasteiger partial charge in [0.15, 0.2) is 5.82 Å². The van der Waals surface area contributed by atoms with Crippen molar-refractivity contribution < 1.29 is 9.53 Å². The Labute approximate surface area is 191 Å². The molecule has 11 heteroatoms. The number of halogens is 1. The Hall–Kier alpha value is -2.43. The molecule has 10 nitrogen and oxygen atoms in total. The molecule has 4 N–H and O–H groups in total. The number of anilines is 3. The second-order valence-corrected chi connectivity index (χ2v) is 9.30. The molecule has 1 aliphatic heterocycles. The number of rotatable bonds is 8. The lowest BCUT2D eigenvalue weighted by atomic mass is 9.84. The molecule has 32 heavy (non-hydrogen) atoms. The van der Waals surface area contributed by atoms with Crippen molar-refractivity contribution in [2.75, 3.05) is 43.5 Å². The first-order valence-electron chi connectivity index (χ1n) is 11.2. The van der Waals surface area contributed by atoms with E-state index in [0.29, 0.717) is 28.6 Å². The molecule has 4 atom stereocenters. The van der Waals surface area contributed by atoms with Gasteiger partial charge in [-0.2, -0.15) is 10.1 Å². The average Bonchev–Trinajstić information content (AvgIpc) is 3.52. The summed E-state index contributed by atoms with van der Waals surface area (Å²) in [5, 5.41) is 11.4. The number of amides is 1. The van der Waals surface area contributed by atoms with Gasteiger partial charge in [-0.15, -0.1) is 0 Å². The van der Waals surface area contributed by atoms with Crippen LogP contribution in [0, 0.1) is 17.8 Å². The molecule has 0 radical (unpaired) electrons. The Balaban J connectivity index is 1.22. The number of hydrogen-bond acceptors (Lipinski definition) is 8. The minimum atomic E-state index is -0.247. The average molecular weight is 461 g/mol. The summed E-state index contributed by atoms with van der Waals surface area (Å²) in [5.74, 6) is 1.29. The van der Waals surface area contributed by atoms with Crippen molar-refractivity contribution in [2.45, 2.75) is 31.8 Å². The second-order valence-electron chi connectivity index (χ2n) is 8.89. The van der Waals surface area contributed by atoms with E-state index in [4.69, 9.17) is 22.1 Å². The van der Waals surface area contributed by atoms with Crippen LogP contribution in [0.2, 0.25) is 5.02 Å². The van der Waals surface area contributed by atoms with Crippen LogP contribution in [0.4, 0.5) is 17.5 Å². The van der Waals surface area contributed by atoms with Crippen LogP contribution in [0.1, 0.15) is 19.3 Å². The van der Waals surface area contributed by atoms with Gasteiger partial charge in [0.05, 0.1) is 43.8 Å². The standard InChI is InChI=1S/C21H29ClN8O2/c22-16-11-24-21(26-15-10-25-30(12-15)4-3-29-5-7-32-8-6-29)28-20(16)27-18-14-2-1-13(9-14)17(18)19(23)31/h10-14,17-18H,1-9H2,(H2,23,31)(H2,24,26,27,28)/t13-,14+,17+,18-/m1/s1. The molecule has 1 saturated heterocycles. The van der Waals surface area contributed by atoms with Gasteiger partial charge in [-0.1, -0.05) is 11.6 Å². The SMILES string of the molecule is NC(=O)[C@H]1[C@@H]2CC[C@@H](C2)[C@H]1Nc1nc(Nc2cnn(CCN3CCOCC3)c2)ncc1Cl. The quantitative estimate of drug-likeness (QED) is 0.544. The van der Waals surface area contributed by atoms with Crippen LogP contribution in [-0.4, -0.2) is 69.4 Å². The van der Waals surface area contributed by atoms with Gasteiger partial charge < -0.3 is 21.1 Å². The molecule has 2 saturated carbocycles. The maximum Gasteiger partial charge on any atom is 0.229 e. The largest absolute Gasteiger partial charge is 0.379 e. The number of ether oxygens (including phenoxy) is 1. The van der Waals surface area contributed by atoms with Gasteiger partial charge >= 0.3 is 0 Å². The highest BCUT2D eigenvalue weighted by Gasteiger charge is 2.50. The highest BCUT2D eigenvalue weighted by atomic mass is 35.5. The van der Waals surface area contributed by atoms with Gasteiger partial charge in [-0.05, 0) is 31.1 Å². The fourth-order valence-corrected chi connectivity index (χ4v) is 5.49. The number of nitrogens with two attached hydrogens (primary N) is 1. The Bertz CT molecular complexity index is 963. The zero-order chi connectivity index (χ0) is 22.1. The summed E-state index contributed by atoms with van der Waals surface area (Å²) in [6.07, 6.45) is 8.45.